The fraction of sp³-hybridized carbons (Fsp3) is 0.929. The van der Waals surface area contributed by atoms with Gasteiger partial charge >= 0.3 is 0 Å². The summed E-state index contributed by atoms with van der Waals surface area (Å²) in [4.78, 5) is 14.6. The largest absolute Gasteiger partial charge is 0.342 e. The highest BCUT2D eigenvalue weighted by Gasteiger charge is 2.43. The molecule has 2 aliphatic rings. The Labute approximate surface area is 105 Å². The third kappa shape index (κ3) is 2.65. The normalized spacial score (nSPS) is 32.8. The maximum absolute atomic E-state index is 12.5. The maximum Gasteiger partial charge on any atom is 0.227 e. The van der Waals surface area contributed by atoms with E-state index in [1.807, 2.05) is 0 Å². The monoisotopic (exact) mass is 238 g/mol. The van der Waals surface area contributed by atoms with Gasteiger partial charge in [-0.05, 0) is 32.1 Å². The molecule has 2 heterocycles. The number of hydrogen-bond acceptors (Lipinski definition) is 2. The number of nitrogens with one attached hydrogen (secondary N) is 1. The van der Waals surface area contributed by atoms with E-state index in [-0.39, 0.29) is 5.92 Å². The lowest BCUT2D eigenvalue weighted by Crippen LogP contribution is -2.42. The van der Waals surface area contributed by atoms with E-state index < -0.39 is 0 Å². The lowest BCUT2D eigenvalue weighted by molar-refractivity contribution is -0.136. The van der Waals surface area contributed by atoms with Crippen LogP contribution in [0, 0.1) is 11.8 Å². The van der Waals surface area contributed by atoms with Crippen LogP contribution < -0.4 is 5.32 Å². The first-order valence-corrected chi connectivity index (χ1v) is 7.20. The summed E-state index contributed by atoms with van der Waals surface area (Å²) in [6.45, 7) is 8.31. The smallest absolute Gasteiger partial charge is 0.227 e. The van der Waals surface area contributed by atoms with Gasteiger partial charge in [-0.3, -0.25) is 4.79 Å². The van der Waals surface area contributed by atoms with Gasteiger partial charge < -0.3 is 10.2 Å². The van der Waals surface area contributed by atoms with Gasteiger partial charge in [0, 0.05) is 25.2 Å². The minimum absolute atomic E-state index is 0.262. The van der Waals surface area contributed by atoms with Gasteiger partial charge in [-0.25, -0.2) is 0 Å². The number of amides is 1. The first-order valence-electron chi connectivity index (χ1n) is 7.20. The Hall–Kier alpha value is -0.570. The van der Waals surface area contributed by atoms with Crippen LogP contribution in [-0.4, -0.2) is 36.0 Å². The second kappa shape index (κ2) is 5.38. The standard InChI is InChI=1S/C14H26N2O/c1-4-10(3)9-16(5-2)14(17)12-8-11-6-7-13(12)15-11/h10-13,15H,4-9H2,1-3H3. The molecule has 17 heavy (non-hydrogen) atoms. The topological polar surface area (TPSA) is 32.3 Å². The molecule has 2 saturated heterocycles. The minimum atomic E-state index is 0.262. The molecule has 98 valence electrons. The van der Waals surface area contributed by atoms with Crippen LogP contribution in [0.4, 0.5) is 0 Å². The summed E-state index contributed by atoms with van der Waals surface area (Å²) in [5.41, 5.74) is 0. The fourth-order valence-electron chi connectivity index (χ4n) is 3.21. The van der Waals surface area contributed by atoms with Gasteiger partial charge in [0.05, 0.1) is 5.92 Å². The summed E-state index contributed by atoms with van der Waals surface area (Å²) in [6.07, 6.45) is 4.69. The third-order valence-corrected chi connectivity index (χ3v) is 4.54. The lowest BCUT2D eigenvalue weighted by atomic mass is 9.88. The molecule has 0 radical (unpaired) electrons. The molecule has 4 atom stereocenters. The van der Waals surface area contributed by atoms with Crippen molar-refractivity contribution in [2.75, 3.05) is 13.1 Å². The molecule has 0 aliphatic carbocycles. The Morgan fingerprint density at radius 1 is 1.41 bits per heavy atom. The van der Waals surface area contributed by atoms with Crippen LogP contribution in [0.25, 0.3) is 0 Å². The molecule has 0 aromatic rings. The van der Waals surface area contributed by atoms with E-state index in [1.54, 1.807) is 0 Å². The number of hydrogen-bond donors (Lipinski definition) is 1. The molecule has 0 spiro atoms. The van der Waals surface area contributed by atoms with Crippen molar-refractivity contribution in [2.24, 2.45) is 11.8 Å². The van der Waals surface area contributed by atoms with Gasteiger partial charge in [0.15, 0.2) is 0 Å². The zero-order valence-corrected chi connectivity index (χ0v) is 11.4. The van der Waals surface area contributed by atoms with Crippen molar-refractivity contribution in [1.82, 2.24) is 10.2 Å². The minimum Gasteiger partial charge on any atom is -0.342 e. The fourth-order valence-corrected chi connectivity index (χ4v) is 3.21. The van der Waals surface area contributed by atoms with Crippen molar-refractivity contribution >= 4 is 5.91 Å². The van der Waals surface area contributed by atoms with Gasteiger partial charge in [-0.15, -0.1) is 0 Å². The zero-order chi connectivity index (χ0) is 12.4. The van der Waals surface area contributed by atoms with E-state index >= 15 is 0 Å². The van der Waals surface area contributed by atoms with E-state index in [1.165, 1.54) is 12.8 Å². The first-order chi connectivity index (χ1) is 8.15. The highest BCUT2D eigenvalue weighted by atomic mass is 16.2. The lowest BCUT2D eigenvalue weighted by Gasteiger charge is -2.29. The van der Waals surface area contributed by atoms with Crippen LogP contribution >= 0.6 is 0 Å². The summed E-state index contributed by atoms with van der Waals surface area (Å²) in [5.74, 6) is 1.27. The molecule has 0 saturated carbocycles. The molecular weight excluding hydrogens is 212 g/mol. The Kier molecular flexibility index (Phi) is 4.08. The summed E-state index contributed by atoms with van der Waals surface area (Å²) < 4.78 is 0. The molecule has 1 amide bonds. The number of carbonyl (C=O) groups is 1. The highest BCUT2D eigenvalue weighted by molar-refractivity contribution is 5.80. The first kappa shape index (κ1) is 12.9. The van der Waals surface area contributed by atoms with Crippen LogP contribution in [0.2, 0.25) is 0 Å². The van der Waals surface area contributed by atoms with Gasteiger partial charge in [0.25, 0.3) is 0 Å². The molecule has 4 unspecified atom stereocenters. The number of carbonyl (C=O) groups excluding carboxylic acids is 1. The summed E-state index contributed by atoms with van der Waals surface area (Å²) in [7, 11) is 0. The summed E-state index contributed by atoms with van der Waals surface area (Å²) >= 11 is 0. The quantitative estimate of drug-likeness (QED) is 0.795. The second-order valence-electron chi connectivity index (χ2n) is 5.78. The van der Waals surface area contributed by atoms with Crippen molar-refractivity contribution in [3.63, 3.8) is 0 Å². The molecule has 3 heteroatoms. The van der Waals surface area contributed by atoms with Crippen molar-refractivity contribution in [1.29, 1.82) is 0 Å². The van der Waals surface area contributed by atoms with Gasteiger partial charge in [-0.1, -0.05) is 20.3 Å². The van der Waals surface area contributed by atoms with E-state index in [0.29, 0.717) is 23.9 Å². The highest BCUT2D eigenvalue weighted by Crippen LogP contribution is 2.34. The van der Waals surface area contributed by atoms with Crippen molar-refractivity contribution in [3.8, 4) is 0 Å². The molecule has 1 N–H and O–H groups in total. The Morgan fingerprint density at radius 2 is 2.18 bits per heavy atom. The van der Waals surface area contributed by atoms with Crippen molar-refractivity contribution in [2.45, 2.75) is 58.5 Å². The van der Waals surface area contributed by atoms with E-state index in [9.17, 15) is 4.79 Å². The van der Waals surface area contributed by atoms with E-state index in [2.05, 4.69) is 31.0 Å². The van der Waals surface area contributed by atoms with Crippen molar-refractivity contribution in [3.05, 3.63) is 0 Å². The number of fused-ring (bicyclic) bond motifs is 2. The Morgan fingerprint density at radius 3 is 2.65 bits per heavy atom. The van der Waals surface area contributed by atoms with Gasteiger partial charge in [0.2, 0.25) is 5.91 Å². The average Bonchev–Trinajstić information content (AvgIpc) is 2.96. The Bertz CT molecular complexity index is 279. The molecule has 0 aromatic heterocycles. The second-order valence-corrected chi connectivity index (χ2v) is 5.78. The van der Waals surface area contributed by atoms with Gasteiger partial charge in [-0.2, -0.15) is 0 Å². The third-order valence-electron chi connectivity index (χ3n) is 4.54. The van der Waals surface area contributed by atoms with Crippen LogP contribution in [0.15, 0.2) is 0 Å². The van der Waals surface area contributed by atoms with E-state index in [4.69, 9.17) is 0 Å². The molecule has 2 rings (SSSR count). The maximum atomic E-state index is 12.5. The molecule has 2 fully saturated rings. The molecule has 0 aromatic carbocycles. The molecule has 2 aliphatic heterocycles. The molecule has 3 nitrogen and oxygen atoms in total. The zero-order valence-electron chi connectivity index (χ0n) is 11.4. The molecular formula is C14H26N2O. The van der Waals surface area contributed by atoms with Crippen LogP contribution in [0.3, 0.4) is 0 Å². The predicted molar refractivity (Wildman–Crippen MR) is 69.8 cm³/mol. The van der Waals surface area contributed by atoms with Crippen LogP contribution in [-0.2, 0) is 4.79 Å². The van der Waals surface area contributed by atoms with Gasteiger partial charge in [0.1, 0.15) is 0 Å². The SMILES string of the molecule is CCC(C)CN(CC)C(=O)C1CC2CCC1N2. The predicted octanol–water partition coefficient (Wildman–Crippen LogP) is 2.02. The summed E-state index contributed by atoms with van der Waals surface area (Å²) in [6, 6.07) is 1.09. The number of nitrogens with zero attached hydrogens (tertiary/aromatic N) is 1. The van der Waals surface area contributed by atoms with Crippen molar-refractivity contribution < 1.29 is 4.79 Å². The Balaban J connectivity index is 1.93. The summed E-state index contributed by atoms with van der Waals surface area (Å²) in [5, 5.41) is 3.56. The average molecular weight is 238 g/mol. The van der Waals surface area contributed by atoms with E-state index in [0.717, 1.165) is 25.9 Å². The van der Waals surface area contributed by atoms with Crippen LogP contribution in [0.5, 0.6) is 0 Å². The molecule has 2 bridgehead atoms. The number of rotatable bonds is 5. The van der Waals surface area contributed by atoms with Crippen LogP contribution in [0.1, 0.15) is 46.5 Å².